The Morgan fingerprint density at radius 2 is 2.18 bits per heavy atom. The molecule has 1 rings (SSSR count). The zero-order chi connectivity index (χ0) is 8.43. The fourth-order valence-corrected chi connectivity index (χ4v) is 1.21. The van der Waals surface area contributed by atoms with Crippen molar-refractivity contribution in [1.29, 1.82) is 0 Å². The van der Waals surface area contributed by atoms with Gasteiger partial charge in [-0.05, 0) is 28.3 Å². The second kappa shape index (κ2) is 3.34. The lowest BCUT2D eigenvalue weighted by molar-refractivity contribution is 0.632. The summed E-state index contributed by atoms with van der Waals surface area (Å²) in [7, 11) is 1.88. The average Bonchev–Trinajstić information content (AvgIpc) is 2.18. The molecule has 0 aliphatic heterocycles. The van der Waals surface area contributed by atoms with Crippen molar-refractivity contribution in [1.82, 2.24) is 15.0 Å². The Hall–Kier alpha value is -0.380. The molecule has 0 aliphatic carbocycles. The summed E-state index contributed by atoms with van der Waals surface area (Å²) in [6.07, 6.45) is 0.981. The summed E-state index contributed by atoms with van der Waals surface area (Å²) >= 11 is 3.42. The maximum absolute atomic E-state index is 4.02. The first kappa shape index (κ1) is 8.71. The molecule has 0 bridgehead atoms. The van der Waals surface area contributed by atoms with Crippen molar-refractivity contribution in [3.05, 3.63) is 10.3 Å². The Morgan fingerprint density at radius 3 is 2.55 bits per heavy atom. The summed E-state index contributed by atoms with van der Waals surface area (Å²) < 4.78 is 2.73. The Morgan fingerprint density at radius 1 is 1.55 bits per heavy atom. The molecular weight excluding hydrogens is 206 g/mol. The lowest BCUT2D eigenvalue weighted by Crippen LogP contribution is -1.95. The molecule has 0 atom stereocenters. The van der Waals surface area contributed by atoms with Gasteiger partial charge in [-0.2, -0.15) is 0 Å². The van der Waals surface area contributed by atoms with E-state index >= 15 is 0 Å². The summed E-state index contributed by atoms with van der Waals surface area (Å²) in [5.41, 5.74) is 1.04. The van der Waals surface area contributed by atoms with Crippen molar-refractivity contribution in [3.8, 4) is 0 Å². The normalized spacial score (nSPS) is 11.0. The van der Waals surface area contributed by atoms with Crippen molar-refractivity contribution in [2.45, 2.75) is 20.3 Å². The summed E-state index contributed by atoms with van der Waals surface area (Å²) in [5, 5.41) is 7.91. The number of rotatable bonds is 2. The minimum Gasteiger partial charge on any atom is -0.241 e. The second-order valence-electron chi connectivity index (χ2n) is 3.05. The third-order valence-corrected chi connectivity index (χ3v) is 2.39. The van der Waals surface area contributed by atoms with Gasteiger partial charge in [-0.1, -0.05) is 19.1 Å². The highest BCUT2D eigenvalue weighted by Crippen LogP contribution is 2.15. The highest BCUT2D eigenvalue weighted by molar-refractivity contribution is 9.10. The maximum Gasteiger partial charge on any atom is 0.127 e. The number of aromatic nitrogens is 3. The third kappa shape index (κ3) is 2.02. The van der Waals surface area contributed by atoms with Crippen molar-refractivity contribution in [3.63, 3.8) is 0 Å². The van der Waals surface area contributed by atoms with Gasteiger partial charge >= 0.3 is 0 Å². The summed E-state index contributed by atoms with van der Waals surface area (Å²) in [6, 6.07) is 0. The first-order valence-electron chi connectivity index (χ1n) is 3.65. The van der Waals surface area contributed by atoms with Gasteiger partial charge in [0.1, 0.15) is 4.60 Å². The number of halogens is 1. The molecule has 0 amide bonds. The van der Waals surface area contributed by atoms with Crippen LogP contribution in [0.1, 0.15) is 19.5 Å². The van der Waals surface area contributed by atoms with Gasteiger partial charge in [0.2, 0.25) is 0 Å². The molecule has 11 heavy (non-hydrogen) atoms. The standard InChI is InChI=1S/C7H12BrN3/c1-5(2)4-6-7(8)11(3)10-9-6/h5H,4H2,1-3H3. The Balaban J connectivity index is 2.79. The second-order valence-corrected chi connectivity index (χ2v) is 3.80. The Labute approximate surface area is 74.9 Å². The van der Waals surface area contributed by atoms with Crippen LogP contribution in [0.3, 0.4) is 0 Å². The van der Waals surface area contributed by atoms with Crippen LogP contribution in [0.25, 0.3) is 0 Å². The van der Waals surface area contributed by atoms with Crippen molar-refractivity contribution in [2.24, 2.45) is 13.0 Å². The van der Waals surface area contributed by atoms with Gasteiger partial charge in [-0.15, -0.1) is 5.10 Å². The van der Waals surface area contributed by atoms with Crippen LogP contribution in [-0.2, 0) is 13.5 Å². The quantitative estimate of drug-likeness (QED) is 0.757. The van der Waals surface area contributed by atoms with Crippen LogP contribution in [0.4, 0.5) is 0 Å². The van der Waals surface area contributed by atoms with E-state index in [2.05, 4.69) is 40.1 Å². The summed E-state index contributed by atoms with van der Waals surface area (Å²) in [6.45, 7) is 4.34. The molecule has 1 heterocycles. The largest absolute Gasteiger partial charge is 0.241 e. The first-order valence-corrected chi connectivity index (χ1v) is 4.44. The van der Waals surface area contributed by atoms with E-state index in [0.717, 1.165) is 16.7 Å². The number of hydrogen-bond acceptors (Lipinski definition) is 2. The van der Waals surface area contributed by atoms with Crippen LogP contribution in [0.15, 0.2) is 4.60 Å². The van der Waals surface area contributed by atoms with Gasteiger partial charge in [0, 0.05) is 7.05 Å². The highest BCUT2D eigenvalue weighted by atomic mass is 79.9. The van der Waals surface area contributed by atoms with Crippen LogP contribution in [0, 0.1) is 5.92 Å². The smallest absolute Gasteiger partial charge is 0.127 e. The van der Waals surface area contributed by atoms with E-state index in [0.29, 0.717) is 5.92 Å². The highest BCUT2D eigenvalue weighted by Gasteiger charge is 2.08. The lowest BCUT2D eigenvalue weighted by Gasteiger charge is -1.99. The van der Waals surface area contributed by atoms with Gasteiger partial charge in [0.25, 0.3) is 0 Å². The van der Waals surface area contributed by atoms with E-state index in [1.54, 1.807) is 4.68 Å². The molecule has 3 nitrogen and oxygen atoms in total. The monoisotopic (exact) mass is 217 g/mol. The van der Waals surface area contributed by atoms with E-state index in [1.165, 1.54) is 0 Å². The molecule has 4 heteroatoms. The Kier molecular flexibility index (Phi) is 2.65. The van der Waals surface area contributed by atoms with Gasteiger partial charge in [0.15, 0.2) is 0 Å². The van der Waals surface area contributed by atoms with Gasteiger partial charge in [0.05, 0.1) is 5.69 Å². The van der Waals surface area contributed by atoms with E-state index in [9.17, 15) is 0 Å². The Bertz CT molecular complexity index is 242. The fraction of sp³-hybridized carbons (Fsp3) is 0.714. The molecule has 1 aromatic rings. The number of hydrogen-bond donors (Lipinski definition) is 0. The van der Waals surface area contributed by atoms with Crippen LogP contribution in [0.5, 0.6) is 0 Å². The van der Waals surface area contributed by atoms with Crippen molar-refractivity contribution in [2.75, 3.05) is 0 Å². The molecule has 0 radical (unpaired) electrons. The summed E-state index contributed by atoms with van der Waals surface area (Å²) in [4.78, 5) is 0. The molecule has 0 fully saturated rings. The first-order chi connectivity index (χ1) is 5.11. The molecule has 0 N–H and O–H groups in total. The van der Waals surface area contributed by atoms with Crippen LogP contribution in [0.2, 0.25) is 0 Å². The van der Waals surface area contributed by atoms with E-state index in [1.807, 2.05) is 7.05 Å². The predicted octanol–water partition coefficient (Wildman–Crippen LogP) is 1.78. The molecule has 0 unspecified atom stereocenters. The van der Waals surface area contributed by atoms with Gasteiger partial charge in [-0.3, -0.25) is 0 Å². The third-order valence-electron chi connectivity index (χ3n) is 1.42. The molecule has 0 aromatic carbocycles. The van der Waals surface area contributed by atoms with Crippen LogP contribution in [-0.4, -0.2) is 15.0 Å². The molecular formula is C7H12BrN3. The molecule has 0 saturated carbocycles. The predicted molar refractivity (Wildman–Crippen MR) is 47.2 cm³/mol. The summed E-state index contributed by atoms with van der Waals surface area (Å²) in [5.74, 6) is 0.628. The van der Waals surface area contributed by atoms with Gasteiger partial charge in [-0.25, -0.2) is 4.68 Å². The average molecular weight is 218 g/mol. The van der Waals surface area contributed by atoms with Crippen LogP contribution >= 0.6 is 15.9 Å². The van der Waals surface area contributed by atoms with E-state index in [-0.39, 0.29) is 0 Å². The SMILES string of the molecule is CC(C)Cc1nnn(C)c1Br. The van der Waals surface area contributed by atoms with Crippen molar-refractivity contribution < 1.29 is 0 Å². The maximum atomic E-state index is 4.02. The number of aryl methyl sites for hydroxylation is 1. The molecule has 0 saturated heterocycles. The molecule has 1 aromatic heterocycles. The van der Waals surface area contributed by atoms with E-state index < -0.39 is 0 Å². The number of nitrogens with zero attached hydrogens (tertiary/aromatic N) is 3. The fourth-order valence-electron chi connectivity index (χ4n) is 0.900. The van der Waals surface area contributed by atoms with Crippen LogP contribution < -0.4 is 0 Å². The van der Waals surface area contributed by atoms with Gasteiger partial charge < -0.3 is 0 Å². The minimum atomic E-state index is 0.628. The molecule has 0 spiro atoms. The lowest BCUT2D eigenvalue weighted by atomic mass is 10.1. The topological polar surface area (TPSA) is 30.7 Å². The molecule has 0 aliphatic rings. The zero-order valence-corrected chi connectivity index (χ0v) is 8.59. The molecule has 62 valence electrons. The minimum absolute atomic E-state index is 0.628. The van der Waals surface area contributed by atoms with E-state index in [4.69, 9.17) is 0 Å². The zero-order valence-electron chi connectivity index (χ0n) is 7.00. The van der Waals surface area contributed by atoms with Crippen molar-refractivity contribution >= 4 is 15.9 Å².